The number of anilines is 1. The van der Waals surface area contributed by atoms with Crippen molar-refractivity contribution >= 4 is 35.0 Å². The smallest absolute Gasteiger partial charge is 0.255 e. The van der Waals surface area contributed by atoms with Gasteiger partial charge in [-0.2, -0.15) is 0 Å². The molecule has 0 bridgehead atoms. The summed E-state index contributed by atoms with van der Waals surface area (Å²) >= 11 is 7.65. The number of carbonyl (C=O) groups excluding carboxylic acids is 1. The van der Waals surface area contributed by atoms with Crippen LogP contribution in [0.15, 0.2) is 46.2 Å². The lowest BCUT2D eigenvalue weighted by Crippen LogP contribution is -2.20. The van der Waals surface area contributed by atoms with E-state index in [1.165, 1.54) is 10.6 Å². The summed E-state index contributed by atoms with van der Waals surface area (Å²) in [7, 11) is 1.64. The van der Waals surface area contributed by atoms with E-state index in [9.17, 15) is 9.59 Å². The molecule has 22 heavy (non-hydrogen) atoms. The highest BCUT2D eigenvalue weighted by Crippen LogP contribution is 2.32. The van der Waals surface area contributed by atoms with Gasteiger partial charge in [0.15, 0.2) is 0 Å². The van der Waals surface area contributed by atoms with E-state index < -0.39 is 0 Å². The monoisotopic (exact) mass is 336 g/mol. The lowest BCUT2D eigenvalue weighted by atomic mass is 10.2. The van der Waals surface area contributed by atoms with Gasteiger partial charge in [0.2, 0.25) is 0 Å². The topological polar surface area (TPSA) is 51.1 Å². The van der Waals surface area contributed by atoms with Crippen molar-refractivity contribution < 1.29 is 4.79 Å². The highest BCUT2D eigenvalue weighted by molar-refractivity contribution is 8.00. The summed E-state index contributed by atoms with van der Waals surface area (Å²) in [6.07, 6.45) is 1.57. The average Bonchev–Trinajstić information content (AvgIpc) is 2.44. The van der Waals surface area contributed by atoms with Crippen LogP contribution in [0.1, 0.15) is 24.2 Å². The Kier molecular flexibility index (Phi) is 5.32. The summed E-state index contributed by atoms with van der Waals surface area (Å²) < 4.78 is 1.41. The molecule has 0 radical (unpaired) electrons. The van der Waals surface area contributed by atoms with Gasteiger partial charge < -0.3 is 9.88 Å². The summed E-state index contributed by atoms with van der Waals surface area (Å²) in [4.78, 5) is 24.9. The second-order valence-electron chi connectivity index (χ2n) is 5.13. The number of hydrogen-bond acceptors (Lipinski definition) is 3. The fourth-order valence-corrected chi connectivity index (χ4v) is 2.90. The summed E-state index contributed by atoms with van der Waals surface area (Å²) in [6.45, 7) is 4.15. The quantitative estimate of drug-likeness (QED) is 0.864. The number of pyridine rings is 1. The van der Waals surface area contributed by atoms with Crippen LogP contribution in [0.3, 0.4) is 0 Å². The minimum atomic E-state index is -0.328. The number of halogens is 1. The summed E-state index contributed by atoms with van der Waals surface area (Å²) in [5.74, 6) is -0.328. The number of amides is 1. The number of benzene rings is 1. The second kappa shape index (κ2) is 7.03. The number of nitrogens with one attached hydrogen (secondary N) is 1. The Morgan fingerprint density at radius 2 is 2.00 bits per heavy atom. The maximum absolute atomic E-state index is 12.3. The first-order valence-corrected chi connectivity index (χ1v) is 8.07. The van der Waals surface area contributed by atoms with Crippen molar-refractivity contribution in [3.05, 3.63) is 57.5 Å². The highest BCUT2D eigenvalue weighted by atomic mass is 35.5. The van der Waals surface area contributed by atoms with Crippen LogP contribution in [0.2, 0.25) is 5.02 Å². The van der Waals surface area contributed by atoms with E-state index in [-0.39, 0.29) is 11.5 Å². The number of nitrogens with zero attached hydrogens (tertiary/aromatic N) is 1. The zero-order chi connectivity index (χ0) is 16.3. The summed E-state index contributed by atoms with van der Waals surface area (Å²) in [5, 5.41) is 3.75. The van der Waals surface area contributed by atoms with Crippen molar-refractivity contribution in [1.29, 1.82) is 0 Å². The lowest BCUT2D eigenvalue weighted by molar-refractivity contribution is 0.102. The van der Waals surface area contributed by atoms with Crippen LogP contribution in [0, 0.1) is 0 Å². The molecule has 1 amide bonds. The molecule has 0 aliphatic carbocycles. The van der Waals surface area contributed by atoms with Crippen LogP contribution in [0.5, 0.6) is 0 Å². The third-order valence-electron chi connectivity index (χ3n) is 2.92. The predicted octanol–water partition coefficient (Wildman–Crippen LogP) is 3.79. The maximum Gasteiger partial charge on any atom is 0.255 e. The minimum Gasteiger partial charge on any atom is -0.321 e. The molecule has 4 nitrogen and oxygen atoms in total. The van der Waals surface area contributed by atoms with Crippen molar-refractivity contribution in [2.75, 3.05) is 5.32 Å². The third-order valence-corrected chi connectivity index (χ3v) is 4.24. The first-order chi connectivity index (χ1) is 10.4. The van der Waals surface area contributed by atoms with E-state index >= 15 is 0 Å². The maximum atomic E-state index is 12.3. The predicted molar refractivity (Wildman–Crippen MR) is 92.1 cm³/mol. The van der Waals surface area contributed by atoms with Gasteiger partial charge in [-0.3, -0.25) is 9.59 Å². The Bertz CT molecular complexity index is 756. The minimum absolute atomic E-state index is 0.226. The zero-order valence-electron chi connectivity index (χ0n) is 12.6. The Balaban J connectivity index is 2.29. The SMILES string of the molecule is CC(C)Sc1ccc(Cl)cc1NC(=O)c1ccn(C)c(=O)c1. The number of rotatable bonds is 4. The Labute approximate surface area is 138 Å². The average molecular weight is 337 g/mol. The van der Waals surface area contributed by atoms with E-state index in [1.807, 2.05) is 6.07 Å². The van der Waals surface area contributed by atoms with Gasteiger partial charge >= 0.3 is 0 Å². The number of carbonyl (C=O) groups is 1. The van der Waals surface area contributed by atoms with Crippen LogP contribution in [-0.2, 0) is 7.05 Å². The molecule has 0 unspecified atom stereocenters. The standard InChI is InChI=1S/C16H17ClN2O2S/c1-10(2)22-14-5-4-12(17)9-13(14)18-16(21)11-6-7-19(3)15(20)8-11/h4-10H,1-3H3,(H,18,21). The van der Waals surface area contributed by atoms with Crippen molar-refractivity contribution in [2.24, 2.45) is 7.05 Å². The highest BCUT2D eigenvalue weighted by Gasteiger charge is 2.12. The van der Waals surface area contributed by atoms with Crippen LogP contribution in [-0.4, -0.2) is 15.7 Å². The lowest BCUT2D eigenvalue weighted by Gasteiger charge is -2.13. The third kappa shape index (κ3) is 4.15. The Morgan fingerprint density at radius 3 is 2.64 bits per heavy atom. The van der Waals surface area contributed by atoms with Crippen molar-refractivity contribution in [1.82, 2.24) is 4.57 Å². The van der Waals surface area contributed by atoms with Gasteiger partial charge in [0.05, 0.1) is 5.69 Å². The van der Waals surface area contributed by atoms with Crippen molar-refractivity contribution in [3.63, 3.8) is 0 Å². The van der Waals surface area contributed by atoms with E-state index in [0.717, 1.165) is 4.90 Å². The molecule has 0 aliphatic rings. The van der Waals surface area contributed by atoms with E-state index in [4.69, 9.17) is 11.6 Å². The number of hydrogen-bond donors (Lipinski definition) is 1. The Morgan fingerprint density at radius 1 is 1.27 bits per heavy atom. The molecule has 0 spiro atoms. The van der Waals surface area contributed by atoms with Gasteiger partial charge in [0.1, 0.15) is 0 Å². The molecule has 116 valence electrons. The second-order valence-corrected chi connectivity index (χ2v) is 7.18. The van der Waals surface area contributed by atoms with Crippen LogP contribution in [0.25, 0.3) is 0 Å². The molecule has 1 N–H and O–H groups in total. The largest absolute Gasteiger partial charge is 0.321 e. The molecule has 0 aliphatic heterocycles. The number of aromatic nitrogens is 1. The summed E-state index contributed by atoms with van der Waals surface area (Å²) in [6, 6.07) is 8.31. The van der Waals surface area contributed by atoms with Crippen molar-refractivity contribution in [2.45, 2.75) is 24.0 Å². The van der Waals surface area contributed by atoms with E-state index in [0.29, 0.717) is 21.5 Å². The molecule has 0 saturated carbocycles. The van der Waals surface area contributed by atoms with E-state index in [1.54, 1.807) is 43.2 Å². The number of aryl methyl sites for hydroxylation is 1. The molecule has 1 aromatic carbocycles. The van der Waals surface area contributed by atoms with Crippen LogP contribution < -0.4 is 10.9 Å². The van der Waals surface area contributed by atoms with Gasteiger partial charge in [-0.15, -0.1) is 11.8 Å². The molecule has 0 saturated heterocycles. The first kappa shape index (κ1) is 16.6. The molecule has 1 aromatic heterocycles. The fraction of sp³-hybridized carbons (Fsp3) is 0.250. The molecular formula is C16H17ClN2O2S. The Hall–Kier alpha value is -1.72. The molecule has 6 heteroatoms. The number of thioether (sulfide) groups is 1. The molecule has 2 aromatic rings. The van der Waals surface area contributed by atoms with Gasteiger partial charge in [-0.05, 0) is 24.3 Å². The van der Waals surface area contributed by atoms with Crippen LogP contribution >= 0.6 is 23.4 Å². The van der Waals surface area contributed by atoms with Gasteiger partial charge in [0.25, 0.3) is 11.5 Å². The van der Waals surface area contributed by atoms with Crippen LogP contribution in [0.4, 0.5) is 5.69 Å². The molecular weight excluding hydrogens is 320 g/mol. The first-order valence-electron chi connectivity index (χ1n) is 6.81. The van der Waals surface area contributed by atoms with Gasteiger partial charge in [-0.1, -0.05) is 25.4 Å². The fourth-order valence-electron chi connectivity index (χ4n) is 1.84. The van der Waals surface area contributed by atoms with Crippen molar-refractivity contribution in [3.8, 4) is 0 Å². The van der Waals surface area contributed by atoms with Gasteiger partial charge in [-0.25, -0.2) is 0 Å². The van der Waals surface area contributed by atoms with Gasteiger partial charge in [0, 0.05) is 40.0 Å². The molecule has 0 fully saturated rings. The molecule has 0 atom stereocenters. The molecule has 2 rings (SSSR count). The van der Waals surface area contributed by atoms with E-state index in [2.05, 4.69) is 19.2 Å². The molecule has 1 heterocycles. The normalized spacial score (nSPS) is 10.8. The zero-order valence-corrected chi connectivity index (χ0v) is 14.2. The summed E-state index contributed by atoms with van der Waals surface area (Å²) in [5.41, 5.74) is 0.746.